The summed E-state index contributed by atoms with van der Waals surface area (Å²) >= 11 is 0. The lowest BCUT2D eigenvalue weighted by Gasteiger charge is -2.30. The standard InChI is InChI=1S/C23H24N2O5/c1-4-29-23(27)20-19(16-12-8-9-13-17(16)28-3)18(14(2)30-21(20)24)22(26)25-15-10-6-5-7-11-15/h5-13,19H,4,24H2,1-3H3,(H,25,26)/t19-/m0/s1. The van der Waals surface area contributed by atoms with Crippen LogP contribution in [-0.4, -0.2) is 25.6 Å². The third-order valence-electron chi connectivity index (χ3n) is 4.71. The number of esters is 1. The first-order valence-corrected chi connectivity index (χ1v) is 9.52. The van der Waals surface area contributed by atoms with Gasteiger partial charge in [-0.3, -0.25) is 4.79 Å². The van der Waals surface area contributed by atoms with E-state index in [1.807, 2.05) is 18.2 Å². The van der Waals surface area contributed by atoms with Crippen LogP contribution in [0.2, 0.25) is 0 Å². The minimum atomic E-state index is -0.822. The van der Waals surface area contributed by atoms with Gasteiger partial charge in [-0.15, -0.1) is 0 Å². The predicted molar refractivity (Wildman–Crippen MR) is 112 cm³/mol. The molecule has 0 fully saturated rings. The minimum Gasteiger partial charge on any atom is -0.496 e. The molecule has 30 heavy (non-hydrogen) atoms. The highest BCUT2D eigenvalue weighted by molar-refractivity contribution is 6.08. The van der Waals surface area contributed by atoms with Crippen LogP contribution in [0, 0.1) is 0 Å². The number of hydrogen-bond donors (Lipinski definition) is 2. The van der Waals surface area contributed by atoms with Crippen molar-refractivity contribution < 1.29 is 23.8 Å². The Morgan fingerprint density at radius 2 is 1.73 bits per heavy atom. The van der Waals surface area contributed by atoms with E-state index in [0.717, 1.165) is 0 Å². The van der Waals surface area contributed by atoms with E-state index >= 15 is 0 Å². The summed E-state index contributed by atoms with van der Waals surface area (Å²) < 4.78 is 16.3. The molecule has 1 aliphatic rings. The zero-order valence-electron chi connectivity index (χ0n) is 17.1. The van der Waals surface area contributed by atoms with E-state index in [0.29, 0.717) is 22.8 Å². The molecular weight excluding hydrogens is 384 g/mol. The lowest BCUT2D eigenvalue weighted by Crippen LogP contribution is -2.31. The molecule has 1 amide bonds. The van der Waals surface area contributed by atoms with Gasteiger partial charge in [-0.25, -0.2) is 4.79 Å². The van der Waals surface area contributed by atoms with E-state index in [1.165, 1.54) is 7.11 Å². The van der Waals surface area contributed by atoms with E-state index in [2.05, 4.69) is 5.32 Å². The van der Waals surface area contributed by atoms with E-state index in [1.54, 1.807) is 50.2 Å². The van der Waals surface area contributed by atoms with Gasteiger partial charge in [0.2, 0.25) is 5.88 Å². The van der Waals surface area contributed by atoms with Gasteiger partial charge in [0.15, 0.2) is 0 Å². The van der Waals surface area contributed by atoms with Crippen LogP contribution in [0.3, 0.4) is 0 Å². The Morgan fingerprint density at radius 1 is 1.07 bits per heavy atom. The van der Waals surface area contributed by atoms with Crippen molar-refractivity contribution in [2.24, 2.45) is 5.73 Å². The Balaban J connectivity index is 2.14. The zero-order valence-corrected chi connectivity index (χ0v) is 17.1. The summed E-state index contributed by atoms with van der Waals surface area (Å²) in [5.74, 6) is -1.18. The number of amides is 1. The van der Waals surface area contributed by atoms with Gasteiger partial charge >= 0.3 is 5.97 Å². The summed E-state index contributed by atoms with van der Waals surface area (Å²) in [6.45, 7) is 3.49. The first-order valence-electron chi connectivity index (χ1n) is 9.52. The summed E-state index contributed by atoms with van der Waals surface area (Å²) in [7, 11) is 1.52. The van der Waals surface area contributed by atoms with Crippen molar-refractivity contribution in [3.05, 3.63) is 82.9 Å². The summed E-state index contributed by atoms with van der Waals surface area (Å²) in [6, 6.07) is 16.2. The number of methoxy groups -OCH3 is 1. The summed E-state index contributed by atoms with van der Waals surface area (Å²) in [4.78, 5) is 26.1. The molecular formula is C23H24N2O5. The van der Waals surface area contributed by atoms with E-state index < -0.39 is 17.8 Å². The Labute approximate surface area is 175 Å². The zero-order chi connectivity index (χ0) is 21.7. The van der Waals surface area contributed by atoms with Crippen LogP contribution in [0.15, 0.2) is 77.4 Å². The van der Waals surface area contributed by atoms with Crippen LogP contribution >= 0.6 is 0 Å². The van der Waals surface area contributed by atoms with Crippen molar-refractivity contribution in [1.29, 1.82) is 0 Å². The Bertz CT molecular complexity index is 1010. The lowest BCUT2D eigenvalue weighted by molar-refractivity contribution is -0.139. The molecule has 0 saturated carbocycles. The molecule has 156 valence electrons. The van der Waals surface area contributed by atoms with Gasteiger partial charge in [-0.1, -0.05) is 36.4 Å². The molecule has 7 nitrogen and oxygen atoms in total. The number of benzene rings is 2. The average molecular weight is 408 g/mol. The number of carbonyl (C=O) groups excluding carboxylic acids is 2. The van der Waals surface area contributed by atoms with Crippen LogP contribution < -0.4 is 15.8 Å². The number of allylic oxidation sites excluding steroid dienone is 1. The predicted octanol–water partition coefficient (Wildman–Crippen LogP) is 3.46. The normalized spacial score (nSPS) is 16.0. The molecule has 0 aliphatic carbocycles. The van der Waals surface area contributed by atoms with Gasteiger partial charge in [0.25, 0.3) is 5.91 Å². The van der Waals surface area contributed by atoms with Gasteiger partial charge < -0.3 is 25.3 Å². The third kappa shape index (κ3) is 4.15. The molecule has 0 radical (unpaired) electrons. The number of anilines is 1. The smallest absolute Gasteiger partial charge is 0.340 e. The molecule has 0 saturated heterocycles. The molecule has 0 unspecified atom stereocenters. The van der Waals surface area contributed by atoms with Gasteiger partial charge in [-0.05, 0) is 32.0 Å². The number of hydrogen-bond acceptors (Lipinski definition) is 6. The minimum absolute atomic E-state index is 0.0603. The van der Waals surface area contributed by atoms with E-state index in [4.69, 9.17) is 19.9 Å². The maximum Gasteiger partial charge on any atom is 0.340 e. The van der Waals surface area contributed by atoms with Crippen molar-refractivity contribution in [2.45, 2.75) is 19.8 Å². The number of carbonyl (C=O) groups is 2. The molecule has 1 atom stereocenters. The molecule has 0 spiro atoms. The molecule has 0 bridgehead atoms. The van der Waals surface area contributed by atoms with Crippen molar-refractivity contribution in [2.75, 3.05) is 19.0 Å². The van der Waals surface area contributed by atoms with Crippen LogP contribution in [0.25, 0.3) is 0 Å². The van der Waals surface area contributed by atoms with Crippen molar-refractivity contribution in [3.63, 3.8) is 0 Å². The van der Waals surface area contributed by atoms with Crippen molar-refractivity contribution >= 4 is 17.6 Å². The third-order valence-corrected chi connectivity index (χ3v) is 4.71. The quantitative estimate of drug-likeness (QED) is 0.710. The van der Waals surface area contributed by atoms with Gasteiger partial charge in [-0.2, -0.15) is 0 Å². The number of rotatable bonds is 6. The molecule has 3 N–H and O–H groups in total. The highest BCUT2D eigenvalue weighted by atomic mass is 16.5. The largest absolute Gasteiger partial charge is 0.496 e. The van der Waals surface area contributed by atoms with Gasteiger partial charge in [0.05, 0.1) is 25.2 Å². The topological polar surface area (TPSA) is 99.9 Å². The second-order valence-corrected chi connectivity index (χ2v) is 6.57. The van der Waals surface area contributed by atoms with Gasteiger partial charge in [0.1, 0.15) is 17.1 Å². The first kappa shape index (κ1) is 21.0. The lowest BCUT2D eigenvalue weighted by atomic mass is 9.81. The SMILES string of the molecule is CCOC(=O)C1=C(N)OC(C)=C(C(=O)Nc2ccccc2)[C@@H]1c1ccccc1OC. The van der Waals surface area contributed by atoms with Crippen LogP contribution in [0.1, 0.15) is 25.3 Å². The maximum absolute atomic E-state index is 13.3. The van der Waals surface area contributed by atoms with Gasteiger partial charge in [0, 0.05) is 11.3 Å². The summed E-state index contributed by atoms with van der Waals surface area (Å²) in [5.41, 5.74) is 7.61. The fourth-order valence-corrected chi connectivity index (χ4v) is 3.42. The maximum atomic E-state index is 13.3. The monoisotopic (exact) mass is 408 g/mol. The average Bonchev–Trinajstić information content (AvgIpc) is 2.73. The van der Waals surface area contributed by atoms with Crippen molar-refractivity contribution in [3.8, 4) is 5.75 Å². The van der Waals surface area contributed by atoms with Crippen LogP contribution in [0.4, 0.5) is 5.69 Å². The molecule has 1 heterocycles. The molecule has 3 rings (SSSR count). The molecule has 2 aromatic carbocycles. The Hall–Kier alpha value is -3.74. The molecule has 0 aromatic heterocycles. The second kappa shape index (κ2) is 9.17. The van der Waals surface area contributed by atoms with Crippen molar-refractivity contribution in [1.82, 2.24) is 0 Å². The highest BCUT2D eigenvalue weighted by Gasteiger charge is 2.40. The molecule has 7 heteroatoms. The fraction of sp³-hybridized carbons (Fsp3) is 0.217. The Morgan fingerprint density at radius 3 is 2.40 bits per heavy atom. The number of ether oxygens (including phenoxy) is 3. The number of para-hydroxylation sites is 2. The number of nitrogens with one attached hydrogen (secondary N) is 1. The van der Waals surface area contributed by atoms with E-state index in [9.17, 15) is 9.59 Å². The second-order valence-electron chi connectivity index (χ2n) is 6.57. The number of nitrogens with two attached hydrogens (primary N) is 1. The summed E-state index contributed by atoms with van der Waals surface area (Å²) in [6.07, 6.45) is 0. The summed E-state index contributed by atoms with van der Waals surface area (Å²) in [5, 5.41) is 2.85. The highest BCUT2D eigenvalue weighted by Crippen LogP contribution is 2.43. The first-order chi connectivity index (χ1) is 14.5. The molecule has 1 aliphatic heterocycles. The van der Waals surface area contributed by atoms with E-state index in [-0.39, 0.29) is 23.6 Å². The van der Waals surface area contributed by atoms with Crippen LogP contribution in [0.5, 0.6) is 5.75 Å². The fourth-order valence-electron chi connectivity index (χ4n) is 3.42. The molecule has 2 aromatic rings. The Kier molecular flexibility index (Phi) is 6.41. The van der Waals surface area contributed by atoms with Crippen LogP contribution in [-0.2, 0) is 19.1 Å².